The minimum atomic E-state index is -1.10. The van der Waals surface area contributed by atoms with E-state index in [1.165, 1.54) is 25.0 Å². The van der Waals surface area contributed by atoms with Gasteiger partial charge in [-0.2, -0.15) is 5.10 Å². The topological polar surface area (TPSA) is 114 Å². The quantitative estimate of drug-likeness (QED) is 0.408. The fourth-order valence-electron chi connectivity index (χ4n) is 2.69. The number of hydrogen-bond acceptors (Lipinski definition) is 7. The Balaban J connectivity index is 1.76. The summed E-state index contributed by atoms with van der Waals surface area (Å²) in [5, 5.41) is 15.7. The lowest BCUT2D eigenvalue weighted by Crippen LogP contribution is -2.21. The van der Waals surface area contributed by atoms with Gasteiger partial charge in [-0.25, -0.2) is 24.2 Å². The maximum atomic E-state index is 14.6. The van der Waals surface area contributed by atoms with Crippen LogP contribution in [0, 0.1) is 11.6 Å². The Morgan fingerprint density at radius 3 is 2.52 bits per heavy atom. The van der Waals surface area contributed by atoms with Crippen molar-refractivity contribution in [3.05, 3.63) is 59.2 Å². The van der Waals surface area contributed by atoms with E-state index in [4.69, 9.17) is 9.94 Å². The van der Waals surface area contributed by atoms with Gasteiger partial charge in [0.1, 0.15) is 5.82 Å². The molecular weight excluding hydrogens is 386 g/mol. The fourth-order valence-corrected chi connectivity index (χ4v) is 2.69. The largest absolute Gasteiger partial charge is 0.494 e. The Bertz CT molecular complexity index is 1020. The number of carbonyl (C=O) groups excluding carboxylic acids is 1. The lowest BCUT2D eigenvalue weighted by Gasteiger charge is -2.12. The lowest BCUT2D eigenvalue weighted by atomic mass is 10.0. The third-order valence-electron chi connectivity index (χ3n) is 4.15. The van der Waals surface area contributed by atoms with Crippen LogP contribution in [0.2, 0.25) is 0 Å². The molecule has 152 valence electrons. The molecule has 0 bridgehead atoms. The molecule has 3 N–H and O–H groups in total. The van der Waals surface area contributed by atoms with Gasteiger partial charge in [0, 0.05) is 31.2 Å². The molecule has 0 atom stereocenters. The predicted molar refractivity (Wildman–Crippen MR) is 98.1 cm³/mol. The molecule has 0 saturated carbocycles. The number of ether oxygens (including phenoxy) is 1. The summed E-state index contributed by atoms with van der Waals surface area (Å²) in [6.45, 7) is 0. The SMILES string of the molecule is COc1cc(C(=O)NO)c(F)c(CCc2cnc(Nc3cnn(C)c3)nc2)c1F. The van der Waals surface area contributed by atoms with Crippen LogP contribution in [0.3, 0.4) is 0 Å². The monoisotopic (exact) mass is 404 g/mol. The molecule has 0 aliphatic carbocycles. The first-order chi connectivity index (χ1) is 13.9. The van der Waals surface area contributed by atoms with Crippen molar-refractivity contribution in [3.63, 3.8) is 0 Å². The first-order valence-electron chi connectivity index (χ1n) is 8.48. The van der Waals surface area contributed by atoms with E-state index in [2.05, 4.69) is 20.4 Å². The van der Waals surface area contributed by atoms with E-state index in [0.717, 1.165) is 11.8 Å². The maximum absolute atomic E-state index is 14.6. The molecule has 0 aliphatic rings. The number of aromatic nitrogens is 4. The summed E-state index contributed by atoms with van der Waals surface area (Å²) in [6.07, 6.45) is 6.58. The molecule has 2 heterocycles. The number of hydrogen-bond donors (Lipinski definition) is 3. The van der Waals surface area contributed by atoms with Gasteiger partial charge >= 0.3 is 0 Å². The smallest absolute Gasteiger partial charge is 0.277 e. The van der Waals surface area contributed by atoms with E-state index in [1.807, 2.05) is 0 Å². The molecule has 2 aromatic heterocycles. The highest BCUT2D eigenvalue weighted by molar-refractivity contribution is 5.94. The number of carbonyl (C=O) groups is 1. The van der Waals surface area contributed by atoms with E-state index in [9.17, 15) is 13.6 Å². The molecule has 1 amide bonds. The van der Waals surface area contributed by atoms with Gasteiger partial charge in [0.2, 0.25) is 5.95 Å². The van der Waals surface area contributed by atoms with Gasteiger partial charge in [-0.1, -0.05) is 0 Å². The number of anilines is 2. The molecule has 3 rings (SSSR count). The van der Waals surface area contributed by atoms with Gasteiger partial charge in [0.15, 0.2) is 11.6 Å². The summed E-state index contributed by atoms with van der Waals surface area (Å²) in [6, 6.07) is 0.891. The van der Waals surface area contributed by atoms with Crippen molar-refractivity contribution in [2.24, 2.45) is 7.05 Å². The Morgan fingerprint density at radius 2 is 1.93 bits per heavy atom. The molecule has 9 nitrogen and oxygen atoms in total. The van der Waals surface area contributed by atoms with Gasteiger partial charge < -0.3 is 10.1 Å². The highest BCUT2D eigenvalue weighted by Gasteiger charge is 2.23. The summed E-state index contributed by atoms with van der Waals surface area (Å²) in [4.78, 5) is 19.9. The second kappa shape index (κ2) is 8.61. The van der Waals surface area contributed by atoms with Crippen LogP contribution in [0.25, 0.3) is 0 Å². The van der Waals surface area contributed by atoms with Crippen LogP contribution >= 0.6 is 0 Å². The molecule has 11 heteroatoms. The maximum Gasteiger partial charge on any atom is 0.277 e. The Labute approximate surface area is 164 Å². The van der Waals surface area contributed by atoms with Gasteiger partial charge in [-0.05, 0) is 24.5 Å². The molecule has 0 aliphatic heterocycles. The van der Waals surface area contributed by atoms with E-state index in [0.29, 0.717) is 11.5 Å². The zero-order chi connectivity index (χ0) is 21.0. The average molecular weight is 404 g/mol. The molecule has 0 saturated heterocycles. The van der Waals surface area contributed by atoms with Crippen LogP contribution in [-0.4, -0.2) is 38.0 Å². The van der Waals surface area contributed by atoms with Crippen molar-refractivity contribution >= 4 is 17.5 Å². The van der Waals surface area contributed by atoms with Crippen molar-refractivity contribution in [1.82, 2.24) is 25.2 Å². The van der Waals surface area contributed by atoms with Crippen LogP contribution in [0.15, 0.2) is 30.9 Å². The predicted octanol–water partition coefficient (Wildman–Crippen LogP) is 2.14. The van der Waals surface area contributed by atoms with E-state index >= 15 is 0 Å². The summed E-state index contributed by atoms with van der Waals surface area (Å²) in [5.41, 5.74) is 1.83. The number of nitrogens with one attached hydrogen (secondary N) is 2. The van der Waals surface area contributed by atoms with Crippen LogP contribution in [-0.2, 0) is 19.9 Å². The number of aryl methyl sites for hydroxylation is 2. The van der Waals surface area contributed by atoms with Crippen molar-refractivity contribution in [1.29, 1.82) is 0 Å². The fraction of sp³-hybridized carbons (Fsp3) is 0.222. The number of methoxy groups -OCH3 is 1. The number of amides is 1. The molecule has 3 aromatic rings. The van der Waals surface area contributed by atoms with Crippen LogP contribution in [0.5, 0.6) is 5.75 Å². The van der Waals surface area contributed by atoms with Crippen LogP contribution in [0.4, 0.5) is 20.4 Å². The molecule has 0 radical (unpaired) electrons. The van der Waals surface area contributed by atoms with Crippen LogP contribution < -0.4 is 15.5 Å². The Kier molecular flexibility index (Phi) is 5.98. The second-order valence-electron chi connectivity index (χ2n) is 6.12. The zero-order valence-corrected chi connectivity index (χ0v) is 15.6. The van der Waals surface area contributed by atoms with Crippen molar-refractivity contribution in [3.8, 4) is 5.75 Å². The normalized spacial score (nSPS) is 10.7. The van der Waals surface area contributed by atoms with Gasteiger partial charge in [-0.3, -0.25) is 14.7 Å². The summed E-state index contributed by atoms with van der Waals surface area (Å²) in [7, 11) is 2.98. The van der Waals surface area contributed by atoms with E-state index in [-0.39, 0.29) is 24.2 Å². The molecule has 1 aromatic carbocycles. The number of rotatable bonds is 7. The summed E-state index contributed by atoms with van der Waals surface area (Å²) in [5.74, 6) is -3.02. The Hall–Kier alpha value is -3.60. The molecule has 0 spiro atoms. The minimum absolute atomic E-state index is 0.0701. The summed E-state index contributed by atoms with van der Waals surface area (Å²) >= 11 is 0. The minimum Gasteiger partial charge on any atom is -0.494 e. The van der Waals surface area contributed by atoms with Crippen molar-refractivity contribution in [2.45, 2.75) is 12.8 Å². The zero-order valence-electron chi connectivity index (χ0n) is 15.6. The summed E-state index contributed by atoms with van der Waals surface area (Å²) < 4.78 is 35.5. The highest BCUT2D eigenvalue weighted by Crippen LogP contribution is 2.28. The first-order valence-corrected chi connectivity index (χ1v) is 8.48. The number of halogens is 2. The Morgan fingerprint density at radius 1 is 1.21 bits per heavy atom. The van der Waals surface area contributed by atoms with E-state index < -0.39 is 23.1 Å². The molecule has 29 heavy (non-hydrogen) atoms. The third kappa shape index (κ3) is 4.46. The highest BCUT2D eigenvalue weighted by atomic mass is 19.1. The average Bonchev–Trinajstić information content (AvgIpc) is 3.13. The number of nitrogens with zero attached hydrogens (tertiary/aromatic N) is 4. The third-order valence-corrected chi connectivity index (χ3v) is 4.15. The molecule has 0 fully saturated rings. The lowest BCUT2D eigenvalue weighted by molar-refractivity contribution is 0.0701. The van der Waals surface area contributed by atoms with Gasteiger partial charge in [0.25, 0.3) is 5.91 Å². The van der Waals surface area contributed by atoms with Gasteiger partial charge in [0.05, 0.1) is 24.6 Å². The van der Waals surface area contributed by atoms with Crippen molar-refractivity contribution < 1.29 is 23.5 Å². The number of benzene rings is 1. The van der Waals surface area contributed by atoms with E-state index in [1.54, 1.807) is 24.1 Å². The first kappa shape index (κ1) is 20.1. The molecule has 0 unspecified atom stereocenters. The number of hydroxylamine groups is 1. The second-order valence-corrected chi connectivity index (χ2v) is 6.12. The standard InChI is InChI=1S/C18H18F2N6O3/c1-26-9-11(8-23-26)24-18-21-6-10(7-22-18)3-4-12-15(19)13(17(27)25-28)5-14(29-2)16(12)20/h5-9,28H,3-4H2,1-2H3,(H,25,27)(H,21,22,24). The van der Waals surface area contributed by atoms with Crippen LogP contribution in [0.1, 0.15) is 21.5 Å². The van der Waals surface area contributed by atoms with Crippen molar-refractivity contribution in [2.75, 3.05) is 12.4 Å². The molecular formula is C18H18F2N6O3. The van der Waals surface area contributed by atoms with Gasteiger partial charge in [-0.15, -0.1) is 0 Å².